The quantitative estimate of drug-likeness (QED) is 0.575. The molecule has 1 rings (SSSR count). The fourth-order valence-corrected chi connectivity index (χ4v) is 1.21. The zero-order valence-corrected chi connectivity index (χ0v) is 11.1. The van der Waals surface area contributed by atoms with Crippen molar-refractivity contribution in [2.45, 2.75) is 18.9 Å². The van der Waals surface area contributed by atoms with Crippen LogP contribution in [0.25, 0.3) is 0 Å². The zero-order valence-electron chi connectivity index (χ0n) is 9.46. The third-order valence-electron chi connectivity index (χ3n) is 1.98. The number of carboxylic acid groups (broad SMARTS) is 1. The van der Waals surface area contributed by atoms with E-state index in [-0.39, 0.29) is 50.1 Å². The Balaban J connectivity index is 0. The number of nitrogens with one attached hydrogen (secondary N) is 2. The number of rotatable bonds is 6. The molecule has 0 aromatic carbocycles. The number of carbonyl (C=O) groups excluding carboxylic acids is 1. The van der Waals surface area contributed by atoms with Crippen LogP contribution in [-0.2, 0) is 16.0 Å². The molecule has 9 heteroatoms. The van der Waals surface area contributed by atoms with Crippen molar-refractivity contribution in [2.24, 2.45) is 5.73 Å². The van der Waals surface area contributed by atoms with Gasteiger partial charge in [-0.05, 0) is 0 Å². The maximum Gasteiger partial charge on any atom is 0.326 e. The van der Waals surface area contributed by atoms with Crippen LogP contribution in [0.15, 0.2) is 12.5 Å². The highest BCUT2D eigenvalue weighted by Gasteiger charge is 2.20. The van der Waals surface area contributed by atoms with Crippen molar-refractivity contribution < 1.29 is 14.7 Å². The lowest BCUT2D eigenvalue weighted by Crippen LogP contribution is -2.42. The first-order valence-electron chi connectivity index (χ1n) is 4.83. The Hall–Kier alpha value is -1.31. The summed E-state index contributed by atoms with van der Waals surface area (Å²) in [6.07, 6.45) is 3.26. The van der Waals surface area contributed by atoms with E-state index in [2.05, 4.69) is 15.3 Å². The van der Waals surface area contributed by atoms with E-state index < -0.39 is 12.0 Å². The zero-order chi connectivity index (χ0) is 12.0. The first kappa shape index (κ1) is 19.0. The number of H-pyrrole nitrogens is 1. The van der Waals surface area contributed by atoms with Gasteiger partial charge in [0, 0.05) is 31.3 Å². The van der Waals surface area contributed by atoms with Gasteiger partial charge in [0.05, 0.1) is 6.33 Å². The molecule has 0 unspecified atom stereocenters. The van der Waals surface area contributed by atoms with Gasteiger partial charge in [-0.3, -0.25) is 4.79 Å². The van der Waals surface area contributed by atoms with Crippen LogP contribution in [0.3, 0.4) is 0 Å². The van der Waals surface area contributed by atoms with E-state index in [1.807, 2.05) is 0 Å². The number of carboxylic acids is 1. The van der Waals surface area contributed by atoms with Crippen molar-refractivity contribution in [3.05, 3.63) is 18.2 Å². The molecular weight excluding hydrogens is 283 g/mol. The monoisotopic (exact) mass is 298 g/mol. The Morgan fingerprint density at radius 2 is 2.17 bits per heavy atom. The van der Waals surface area contributed by atoms with Gasteiger partial charge in [-0.1, -0.05) is 0 Å². The second kappa shape index (κ2) is 9.69. The number of halogens is 2. The molecule has 0 saturated heterocycles. The summed E-state index contributed by atoms with van der Waals surface area (Å²) in [5.41, 5.74) is 5.85. The number of nitrogens with two attached hydrogens (primary N) is 1. The number of aromatic nitrogens is 2. The number of aliphatic carboxylic acids is 1. The molecule has 0 aliphatic heterocycles. The summed E-state index contributed by atoms with van der Waals surface area (Å²) in [5, 5.41) is 11.3. The molecule has 5 N–H and O–H groups in total. The largest absolute Gasteiger partial charge is 0.480 e. The van der Waals surface area contributed by atoms with Gasteiger partial charge in [0.15, 0.2) is 0 Å². The van der Waals surface area contributed by atoms with Crippen molar-refractivity contribution >= 4 is 36.7 Å². The molecule has 0 bridgehead atoms. The van der Waals surface area contributed by atoms with Gasteiger partial charge in [-0.2, -0.15) is 0 Å². The van der Waals surface area contributed by atoms with Gasteiger partial charge < -0.3 is 21.1 Å². The summed E-state index contributed by atoms with van der Waals surface area (Å²) in [5.74, 6) is -1.45. The van der Waals surface area contributed by atoms with Crippen LogP contribution in [0, 0.1) is 0 Å². The lowest BCUT2D eigenvalue weighted by molar-refractivity contribution is -0.141. The van der Waals surface area contributed by atoms with Crippen LogP contribution >= 0.6 is 24.8 Å². The number of hydrogen-bond acceptors (Lipinski definition) is 4. The number of hydrogen-bond donors (Lipinski definition) is 4. The van der Waals surface area contributed by atoms with Crippen LogP contribution in [0.4, 0.5) is 0 Å². The molecule has 0 aliphatic rings. The summed E-state index contributed by atoms with van der Waals surface area (Å²) in [6.45, 7) is 0.197. The Kier molecular flexibility index (Phi) is 10.3. The Bertz CT molecular complexity index is 359. The SMILES string of the molecule is Cl.Cl.NCCC(=O)N[C@@H](Cc1cnc[nH]1)C(=O)O. The Labute approximate surface area is 116 Å². The van der Waals surface area contributed by atoms with Crippen molar-refractivity contribution in [3.8, 4) is 0 Å². The average Bonchev–Trinajstić information content (AvgIpc) is 2.69. The Morgan fingerprint density at radius 1 is 1.50 bits per heavy atom. The lowest BCUT2D eigenvalue weighted by Gasteiger charge is -2.13. The molecule has 0 radical (unpaired) electrons. The van der Waals surface area contributed by atoms with Crippen LogP contribution in [-0.4, -0.2) is 39.5 Å². The number of amides is 1. The van der Waals surface area contributed by atoms with Crippen molar-refractivity contribution in [3.63, 3.8) is 0 Å². The summed E-state index contributed by atoms with van der Waals surface area (Å²) in [7, 11) is 0. The van der Waals surface area contributed by atoms with Crippen molar-refractivity contribution in [1.29, 1.82) is 0 Å². The fourth-order valence-electron chi connectivity index (χ4n) is 1.21. The van der Waals surface area contributed by atoms with E-state index in [0.29, 0.717) is 5.69 Å². The summed E-state index contributed by atoms with van der Waals surface area (Å²) >= 11 is 0. The van der Waals surface area contributed by atoms with Gasteiger partial charge in [-0.15, -0.1) is 24.8 Å². The molecule has 104 valence electrons. The molecule has 0 spiro atoms. The number of imidazole rings is 1. The van der Waals surface area contributed by atoms with E-state index in [1.165, 1.54) is 12.5 Å². The van der Waals surface area contributed by atoms with E-state index >= 15 is 0 Å². The molecule has 0 saturated carbocycles. The molecule has 1 amide bonds. The summed E-state index contributed by atoms with van der Waals surface area (Å²) in [6, 6.07) is -0.959. The molecule has 18 heavy (non-hydrogen) atoms. The van der Waals surface area contributed by atoms with E-state index in [1.54, 1.807) is 0 Å². The highest BCUT2D eigenvalue weighted by molar-refractivity contribution is 5.85. The van der Waals surface area contributed by atoms with Gasteiger partial charge in [0.1, 0.15) is 6.04 Å². The maximum absolute atomic E-state index is 11.2. The van der Waals surface area contributed by atoms with E-state index in [9.17, 15) is 9.59 Å². The topological polar surface area (TPSA) is 121 Å². The van der Waals surface area contributed by atoms with Gasteiger partial charge in [-0.25, -0.2) is 9.78 Å². The highest BCUT2D eigenvalue weighted by atomic mass is 35.5. The molecule has 1 aromatic rings. The predicted molar refractivity (Wildman–Crippen MR) is 70.0 cm³/mol. The third-order valence-corrected chi connectivity index (χ3v) is 1.98. The van der Waals surface area contributed by atoms with Gasteiger partial charge >= 0.3 is 5.97 Å². The fraction of sp³-hybridized carbons (Fsp3) is 0.444. The molecule has 7 nitrogen and oxygen atoms in total. The van der Waals surface area contributed by atoms with E-state index in [4.69, 9.17) is 10.8 Å². The minimum Gasteiger partial charge on any atom is -0.480 e. The Morgan fingerprint density at radius 3 is 2.61 bits per heavy atom. The number of aromatic amines is 1. The third kappa shape index (κ3) is 6.43. The smallest absolute Gasteiger partial charge is 0.326 e. The average molecular weight is 299 g/mol. The van der Waals surface area contributed by atoms with Crippen LogP contribution < -0.4 is 11.1 Å². The lowest BCUT2D eigenvalue weighted by atomic mass is 10.1. The number of nitrogens with zero attached hydrogens (tertiary/aromatic N) is 1. The molecular formula is C9H16Cl2N4O3. The molecule has 0 aliphatic carbocycles. The van der Waals surface area contributed by atoms with Crippen LogP contribution in [0.2, 0.25) is 0 Å². The highest BCUT2D eigenvalue weighted by Crippen LogP contribution is 1.99. The van der Waals surface area contributed by atoms with Crippen molar-refractivity contribution in [1.82, 2.24) is 15.3 Å². The second-order valence-electron chi connectivity index (χ2n) is 3.28. The minimum absolute atomic E-state index is 0. The van der Waals surface area contributed by atoms with Gasteiger partial charge in [0.25, 0.3) is 0 Å². The summed E-state index contributed by atoms with van der Waals surface area (Å²) < 4.78 is 0. The van der Waals surface area contributed by atoms with Gasteiger partial charge in [0.2, 0.25) is 5.91 Å². The molecule has 0 fully saturated rings. The van der Waals surface area contributed by atoms with Crippen molar-refractivity contribution in [2.75, 3.05) is 6.54 Å². The summed E-state index contributed by atoms with van der Waals surface area (Å²) in [4.78, 5) is 28.6. The van der Waals surface area contributed by atoms with Crippen LogP contribution in [0.5, 0.6) is 0 Å². The predicted octanol–water partition coefficient (Wildman–Crippen LogP) is -0.286. The molecule has 1 aromatic heterocycles. The minimum atomic E-state index is -1.08. The normalized spacial score (nSPS) is 10.7. The number of carbonyl (C=O) groups is 2. The molecule has 1 atom stereocenters. The standard InChI is InChI=1S/C9H14N4O3.2ClH/c10-2-1-8(14)13-7(9(15)16)3-6-4-11-5-12-6;;/h4-5,7H,1-3,10H2,(H,11,12)(H,13,14)(H,15,16);2*1H/t7-;;/m0../s1. The first-order valence-corrected chi connectivity index (χ1v) is 4.83. The second-order valence-corrected chi connectivity index (χ2v) is 3.28. The maximum atomic E-state index is 11.2. The first-order chi connectivity index (χ1) is 7.63. The van der Waals surface area contributed by atoms with Crippen LogP contribution in [0.1, 0.15) is 12.1 Å². The molecule has 1 heterocycles. The van der Waals surface area contributed by atoms with E-state index in [0.717, 1.165) is 0 Å².